The summed E-state index contributed by atoms with van der Waals surface area (Å²) in [5, 5.41) is 0. The molecular weight excluding hydrogens is 436 g/mol. The fourth-order valence-electron chi connectivity index (χ4n) is 4.60. The van der Waals surface area contributed by atoms with Crippen LogP contribution in [0.3, 0.4) is 0 Å². The molecule has 0 spiro atoms. The monoisotopic (exact) mass is 468 g/mol. The highest BCUT2D eigenvalue weighted by atomic mass is 16.6. The zero-order valence-corrected chi connectivity index (χ0v) is 20.2. The van der Waals surface area contributed by atoms with E-state index in [4.69, 9.17) is 25.2 Å². The maximum atomic E-state index is 12.4. The minimum atomic E-state index is -0.505. The Morgan fingerprint density at radius 3 is 2.56 bits per heavy atom. The van der Waals surface area contributed by atoms with Crippen LogP contribution < -0.4 is 15.5 Å². The zero-order valence-electron chi connectivity index (χ0n) is 20.2. The normalized spacial score (nSPS) is 20.8. The second kappa shape index (κ2) is 8.53. The number of nitrogens with zero attached hydrogens (tertiary/aromatic N) is 7. The molecule has 1 atom stereocenters. The van der Waals surface area contributed by atoms with Crippen molar-refractivity contribution < 1.29 is 14.3 Å². The quantitative estimate of drug-likeness (QED) is 0.712. The third-order valence-electron chi connectivity index (χ3n) is 6.37. The third kappa shape index (κ3) is 4.31. The lowest BCUT2D eigenvalue weighted by Crippen LogP contribution is -2.61. The van der Waals surface area contributed by atoms with Crippen LogP contribution in [0.2, 0.25) is 0 Å². The van der Waals surface area contributed by atoms with Gasteiger partial charge in [0.2, 0.25) is 11.9 Å². The summed E-state index contributed by atoms with van der Waals surface area (Å²) >= 11 is 0. The second-order valence-electron chi connectivity index (χ2n) is 10.1. The average Bonchev–Trinajstić information content (AvgIpc) is 3.15. The first-order valence-electron chi connectivity index (χ1n) is 11.8. The van der Waals surface area contributed by atoms with E-state index >= 15 is 0 Å². The highest BCUT2D eigenvalue weighted by Crippen LogP contribution is 2.38. The summed E-state index contributed by atoms with van der Waals surface area (Å²) in [5.74, 6) is 1.83. The minimum absolute atomic E-state index is 0.170. The zero-order chi connectivity index (χ0) is 24.0. The number of hydrogen-bond acceptors (Lipinski definition) is 10. The molecule has 11 heteroatoms. The SMILES string of the molecule is C[C@H]1COCCN1c1nc(-c2cnc(N)nc2)c2c(n1)N(C1CN(C(=O)OC(C)(C)C)C1)CC2. The van der Waals surface area contributed by atoms with Gasteiger partial charge in [-0.25, -0.2) is 19.7 Å². The Morgan fingerprint density at radius 2 is 1.88 bits per heavy atom. The van der Waals surface area contributed by atoms with Crippen LogP contribution in [0.5, 0.6) is 0 Å². The molecule has 5 rings (SSSR count). The summed E-state index contributed by atoms with van der Waals surface area (Å²) in [6.45, 7) is 11.8. The van der Waals surface area contributed by atoms with Gasteiger partial charge in [-0.15, -0.1) is 0 Å². The molecule has 34 heavy (non-hydrogen) atoms. The van der Waals surface area contributed by atoms with Gasteiger partial charge in [-0.05, 0) is 34.1 Å². The Kier molecular flexibility index (Phi) is 5.67. The van der Waals surface area contributed by atoms with Crippen LogP contribution in [-0.2, 0) is 15.9 Å². The van der Waals surface area contributed by atoms with Gasteiger partial charge in [0.1, 0.15) is 11.4 Å². The Morgan fingerprint density at radius 1 is 1.15 bits per heavy atom. The number of carbonyl (C=O) groups excluding carboxylic acids is 1. The number of carbonyl (C=O) groups is 1. The van der Waals surface area contributed by atoms with Crippen molar-refractivity contribution in [2.75, 3.05) is 54.9 Å². The topological polar surface area (TPSA) is 123 Å². The van der Waals surface area contributed by atoms with Gasteiger partial charge in [-0.2, -0.15) is 4.98 Å². The van der Waals surface area contributed by atoms with Crippen molar-refractivity contribution in [1.82, 2.24) is 24.8 Å². The number of rotatable bonds is 3. The second-order valence-corrected chi connectivity index (χ2v) is 10.1. The summed E-state index contributed by atoms with van der Waals surface area (Å²) in [4.78, 5) is 37.0. The van der Waals surface area contributed by atoms with Gasteiger partial charge in [-0.1, -0.05) is 0 Å². The van der Waals surface area contributed by atoms with E-state index in [2.05, 4.69) is 26.7 Å². The average molecular weight is 469 g/mol. The van der Waals surface area contributed by atoms with E-state index in [1.54, 1.807) is 17.3 Å². The fraction of sp³-hybridized carbons (Fsp3) is 0.609. The molecule has 2 aromatic heterocycles. The van der Waals surface area contributed by atoms with Crippen LogP contribution in [-0.4, -0.2) is 88.0 Å². The van der Waals surface area contributed by atoms with E-state index in [0.29, 0.717) is 32.3 Å². The summed E-state index contributed by atoms with van der Waals surface area (Å²) in [5.41, 5.74) is 7.95. The fourth-order valence-corrected chi connectivity index (χ4v) is 4.60. The number of nitrogen functional groups attached to an aromatic ring is 1. The van der Waals surface area contributed by atoms with E-state index in [9.17, 15) is 4.79 Å². The number of hydrogen-bond donors (Lipinski definition) is 1. The highest BCUT2D eigenvalue weighted by Gasteiger charge is 2.41. The van der Waals surface area contributed by atoms with Gasteiger partial charge in [0.25, 0.3) is 0 Å². The van der Waals surface area contributed by atoms with E-state index in [1.165, 1.54) is 0 Å². The molecule has 0 aliphatic carbocycles. The van der Waals surface area contributed by atoms with Gasteiger partial charge < -0.3 is 29.9 Å². The lowest BCUT2D eigenvalue weighted by atomic mass is 10.1. The lowest BCUT2D eigenvalue weighted by Gasteiger charge is -2.44. The molecule has 0 bridgehead atoms. The molecule has 3 aliphatic heterocycles. The van der Waals surface area contributed by atoms with E-state index < -0.39 is 5.60 Å². The van der Waals surface area contributed by atoms with Gasteiger partial charge in [0.05, 0.1) is 31.0 Å². The van der Waals surface area contributed by atoms with E-state index in [0.717, 1.165) is 42.1 Å². The number of likely N-dealkylation sites (tertiary alicyclic amines) is 1. The maximum Gasteiger partial charge on any atom is 0.410 e. The van der Waals surface area contributed by atoms with Crippen LogP contribution in [0, 0.1) is 0 Å². The molecule has 182 valence electrons. The van der Waals surface area contributed by atoms with Gasteiger partial charge in [-0.3, -0.25) is 0 Å². The molecule has 2 N–H and O–H groups in total. The standard InChI is InChI=1S/C23H32N8O3/c1-14-13-33-8-7-30(14)21-27-18(15-9-25-20(24)26-10-15)17-5-6-31(19(17)28-21)16-11-29(12-16)22(32)34-23(2,3)4/h9-10,14,16H,5-8,11-13H2,1-4H3,(H2,24,25,26)/t14-/m0/s1. The van der Waals surface area contributed by atoms with Crippen LogP contribution in [0.1, 0.15) is 33.3 Å². The van der Waals surface area contributed by atoms with Crippen LogP contribution in [0.15, 0.2) is 12.4 Å². The van der Waals surface area contributed by atoms with Crippen LogP contribution in [0.4, 0.5) is 22.5 Å². The number of amides is 1. The number of nitrogens with two attached hydrogens (primary N) is 1. The predicted octanol–water partition coefficient (Wildman–Crippen LogP) is 1.72. The van der Waals surface area contributed by atoms with Crippen molar-refractivity contribution in [3.8, 4) is 11.3 Å². The molecule has 0 unspecified atom stereocenters. The van der Waals surface area contributed by atoms with E-state index in [-0.39, 0.29) is 24.1 Å². The van der Waals surface area contributed by atoms with Gasteiger partial charge in [0, 0.05) is 49.7 Å². The summed E-state index contributed by atoms with van der Waals surface area (Å²) in [7, 11) is 0. The highest BCUT2D eigenvalue weighted by molar-refractivity contribution is 5.74. The molecule has 0 saturated carbocycles. The summed E-state index contributed by atoms with van der Waals surface area (Å²) in [6.07, 6.45) is 3.98. The summed E-state index contributed by atoms with van der Waals surface area (Å²) in [6, 6.07) is 0.359. The van der Waals surface area contributed by atoms with Crippen molar-refractivity contribution in [3.05, 3.63) is 18.0 Å². The molecule has 0 radical (unpaired) electrons. The molecule has 0 aromatic carbocycles. The summed E-state index contributed by atoms with van der Waals surface area (Å²) < 4.78 is 11.1. The molecule has 2 fully saturated rings. The third-order valence-corrected chi connectivity index (χ3v) is 6.37. The predicted molar refractivity (Wildman–Crippen MR) is 128 cm³/mol. The van der Waals surface area contributed by atoms with Crippen molar-refractivity contribution in [2.24, 2.45) is 0 Å². The van der Waals surface area contributed by atoms with Crippen molar-refractivity contribution in [1.29, 1.82) is 0 Å². The molecule has 2 aromatic rings. The molecule has 2 saturated heterocycles. The van der Waals surface area contributed by atoms with Crippen molar-refractivity contribution in [2.45, 2.75) is 51.8 Å². The molecule has 3 aliphatic rings. The van der Waals surface area contributed by atoms with Crippen LogP contribution in [0.25, 0.3) is 11.3 Å². The number of anilines is 3. The molecule has 11 nitrogen and oxygen atoms in total. The maximum absolute atomic E-state index is 12.4. The first kappa shape index (κ1) is 22.6. The molecule has 5 heterocycles. The Bertz CT molecular complexity index is 1070. The lowest BCUT2D eigenvalue weighted by molar-refractivity contribution is 0.00821. The number of morpholine rings is 1. The number of ether oxygens (including phenoxy) is 2. The Balaban J connectivity index is 1.45. The Labute approximate surface area is 199 Å². The first-order valence-corrected chi connectivity index (χ1v) is 11.8. The van der Waals surface area contributed by atoms with Crippen LogP contribution >= 0.6 is 0 Å². The minimum Gasteiger partial charge on any atom is -0.444 e. The van der Waals surface area contributed by atoms with Crippen molar-refractivity contribution in [3.63, 3.8) is 0 Å². The number of aromatic nitrogens is 4. The molecule has 1 amide bonds. The first-order chi connectivity index (χ1) is 16.2. The Hall–Kier alpha value is -3.21. The van der Waals surface area contributed by atoms with Gasteiger partial charge >= 0.3 is 6.09 Å². The smallest absolute Gasteiger partial charge is 0.410 e. The molecular formula is C23H32N8O3. The number of fused-ring (bicyclic) bond motifs is 1. The van der Waals surface area contributed by atoms with Crippen molar-refractivity contribution >= 4 is 23.8 Å². The van der Waals surface area contributed by atoms with Gasteiger partial charge in [0.15, 0.2) is 0 Å². The largest absolute Gasteiger partial charge is 0.444 e. The van der Waals surface area contributed by atoms with E-state index in [1.807, 2.05) is 20.8 Å².